The Kier molecular flexibility index (Phi) is 4.92. The van der Waals surface area contributed by atoms with E-state index in [0.29, 0.717) is 11.0 Å². The second-order valence-corrected chi connectivity index (χ2v) is 7.54. The second-order valence-electron chi connectivity index (χ2n) is 7.54. The molecule has 1 fully saturated rings. The number of alkyl halides is 2. The summed E-state index contributed by atoms with van der Waals surface area (Å²) in [6, 6.07) is 4.81. The van der Waals surface area contributed by atoms with Crippen LogP contribution >= 0.6 is 0 Å². The van der Waals surface area contributed by atoms with Crippen molar-refractivity contribution in [2.75, 3.05) is 0 Å². The van der Waals surface area contributed by atoms with Crippen LogP contribution in [0.25, 0.3) is 0 Å². The van der Waals surface area contributed by atoms with Crippen LogP contribution in [0.4, 0.5) is 13.2 Å². The average Bonchev–Trinajstić information content (AvgIpc) is 3.09. The number of nitrogens with zero attached hydrogens (tertiary/aromatic N) is 2. The van der Waals surface area contributed by atoms with Gasteiger partial charge >= 0.3 is 7.12 Å². The fourth-order valence-corrected chi connectivity index (χ4v) is 2.87. The SMILES string of the molecule is CC1(C)OB(c2cnn(C(CC(F)F)c3ccc(F)cc3)c2)OC1(C)C. The molecule has 0 amide bonds. The summed E-state index contributed by atoms with van der Waals surface area (Å²) >= 11 is 0. The molecule has 0 N–H and O–H groups in total. The third-order valence-corrected chi connectivity index (χ3v) is 5.12. The summed E-state index contributed by atoms with van der Waals surface area (Å²) in [5.74, 6) is -0.414. The van der Waals surface area contributed by atoms with Crippen molar-refractivity contribution in [1.82, 2.24) is 9.78 Å². The van der Waals surface area contributed by atoms with Gasteiger partial charge in [-0.25, -0.2) is 13.2 Å². The van der Waals surface area contributed by atoms with Crippen LogP contribution in [0.15, 0.2) is 36.7 Å². The van der Waals surface area contributed by atoms with Crippen LogP contribution in [-0.2, 0) is 9.31 Å². The monoisotopic (exact) mass is 366 g/mol. The minimum atomic E-state index is -2.52. The first kappa shape index (κ1) is 19.0. The Bertz CT molecular complexity index is 746. The molecule has 0 aliphatic carbocycles. The Morgan fingerprint density at radius 3 is 2.19 bits per heavy atom. The number of aromatic nitrogens is 2. The summed E-state index contributed by atoms with van der Waals surface area (Å²) in [4.78, 5) is 0. The van der Waals surface area contributed by atoms with E-state index < -0.39 is 43.0 Å². The molecule has 0 radical (unpaired) electrons. The van der Waals surface area contributed by atoms with Crippen LogP contribution in [0.1, 0.15) is 45.7 Å². The lowest BCUT2D eigenvalue weighted by Gasteiger charge is -2.32. The highest BCUT2D eigenvalue weighted by Gasteiger charge is 2.52. The third-order valence-electron chi connectivity index (χ3n) is 5.12. The van der Waals surface area contributed by atoms with Gasteiger partial charge in [-0.15, -0.1) is 0 Å². The zero-order chi connectivity index (χ0) is 19.1. The van der Waals surface area contributed by atoms with E-state index in [0.717, 1.165) is 0 Å². The predicted molar refractivity (Wildman–Crippen MR) is 93.1 cm³/mol. The Morgan fingerprint density at radius 2 is 1.65 bits per heavy atom. The summed E-state index contributed by atoms with van der Waals surface area (Å²) in [5.41, 5.74) is 0.221. The van der Waals surface area contributed by atoms with Gasteiger partial charge in [-0.1, -0.05) is 12.1 Å². The number of rotatable bonds is 5. The van der Waals surface area contributed by atoms with Crippen molar-refractivity contribution in [2.45, 2.75) is 57.8 Å². The molecule has 2 heterocycles. The van der Waals surface area contributed by atoms with Gasteiger partial charge in [0.2, 0.25) is 6.43 Å². The minimum absolute atomic E-state index is 0.414. The van der Waals surface area contributed by atoms with E-state index in [1.54, 1.807) is 12.4 Å². The van der Waals surface area contributed by atoms with Gasteiger partial charge in [-0.05, 0) is 45.4 Å². The van der Waals surface area contributed by atoms with Gasteiger partial charge in [-0.2, -0.15) is 5.10 Å². The summed E-state index contributed by atoms with van der Waals surface area (Å²) in [5, 5.41) is 4.24. The van der Waals surface area contributed by atoms with Crippen LogP contribution in [0.5, 0.6) is 0 Å². The van der Waals surface area contributed by atoms with Crippen molar-refractivity contribution in [1.29, 1.82) is 0 Å². The van der Waals surface area contributed by atoms with Crippen molar-refractivity contribution < 1.29 is 22.5 Å². The fraction of sp³-hybridized carbons (Fsp3) is 0.500. The highest BCUT2D eigenvalue weighted by Crippen LogP contribution is 2.36. The second kappa shape index (κ2) is 6.74. The molecule has 1 aromatic carbocycles. The van der Waals surface area contributed by atoms with Gasteiger partial charge in [-0.3, -0.25) is 4.68 Å². The topological polar surface area (TPSA) is 36.3 Å². The first-order chi connectivity index (χ1) is 12.1. The smallest absolute Gasteiger partial charge is 0.399 e. The van der Waals surface area contributed by atoms with Crippen LogP contribution in [-0.4, -0.2) is 34.5 Å². The van der Waals surface area contributed by atoms with E-state index >= 15 is 0 Å². The zero-order valence-corrected chi connectivity index (χ0v) is 15.2. The molecule has 140 valence electrons. The van der Waals surface area contributed by atoms with Crippen LogP contribution in [0, 0.1) is 5.82 Å². The van der Waals surface area contributed by atoms with Gasteiger partial charge in [0.05, 0.1) is 17.2 Å². The molecule has 26 heavy (non-hydrogen) atoms. The summed E-state index contributed by atoms with van der Waals surface area (Å²) in [6.07, 6.45) is 0.272. The highest BCUT2D eigenvalue weighted by atomic mass is 19.3. The van der Waals surface area contributed by atoms with E-state index in [1.807, 2.05) is 27.7 Å². The predicted octanol–water partition coefficient (Wildman–Crippen LogP) is 3.57. The largest absolute Gasteiger partial charge is 0.498 e. The average molecular weight is 366 g/mol. The Labute approximate surface area is 151 Å². The fourth-order valence-electron chi connectivity index (χ4n) is 2.87. The van der Waals surface area contributed by atoms with E-state index in [-0.39, 0.29) is 0 Å². The molecule has 1 unspecified atom stereocenters. The zero-order valence-electron chi connectivity index (χ0n) is 15.2. The minimum Gasteiger partial charge on any atom is -0.399 e. The number of halogens is 3. The summed E-state index contributed by atoms with van der Waals surface area (Å²) in [7, 11) is -0.617. The Hall–Kier alpha value is -1.80. The van der Waals surface area contributed by atoms with Crippen molar-refractivity contribution >= 4 is 12.6 Å². The first-order valence-corrected chi connectivity index (χ1v) is 8.52. The molecule has 1 aromatic heterocycles. The van der Waals surface area contributed by atoms with E-state index in [4.69, 9.17) is 9.31 Å². The lowest BCUT2D eigenvalue weighted by Crippen LogP contribution is -2.41. The maximum absolute atomic E-state index is 13.2. The van der Waals surface area contributed by atoms with Gasteiger partial charge in [0.25, 0.3) is 0 Å². The van der Waals surface area contributed by atoms with Crippen molar-refractivity contribution in [3.05, 3.63) is 48.0 Å². The lowest BCUT2D eigenvalue weighted by molar-refractivity contribution is 0.00578. The van der Waals surface area contributed by atoms with Crippen LogP contribution in [0.2, 0.25) is 0 Å². The van der Waals surface area contributed by atoms with Crippen molar-refractivity contribution in [2.24, 2.45) is 0 Å². The number of benzene rings is 1. The van der Waals surface area contributed by atoms with Gasteiger partial charge in [0.1, 0.15) is 5.82 Å². The molecule has 0 bridgehead atoms. The van der Waals surface area contributed by atoms with E-state index in [2.05, 4.69) is 5.10 Å². The maximum Gasteiger partial charge on any atom is 0.498 e. The van der Waals surface area contributed by atoms with Gasteiger partial charge in [0, 0.05) is 24.3 Å². The van der Waals surface area contributed by atoms with Gasteiger partial charge < -0.3 is 9.31 Å². The van der Waals surface area contributed by atoms with E-state index in [1.165, 1.54) is 28.9 Å². The summed E-state index contributed by atoms with van der Waals surface area (Å²) < 4.78 is 52.7. The highest BCUT2D eigenvalue weighted by molar-refractivity contribution is 6.62. The molecule has 0 spiro atoms. The van der Waals surface area contributed by atoms with Crippen molar-refractivity contribution in [3.63, 3.8) is 0 Å². The van der Waals surface area contributed by atoms with Crippen LogP contribution < -0.4 is 5.46 Å². The molecule has 1 aliphatic rings. The molecule has 3 rings (SSSR count). The lowest BCUT2D eigenvalue weighted by atomic mass is 9.82. The molecular formula is C18H22BF3N2O2. The van der Waals surface area contributed by atoms with Crippen LogP contribution in [0.3, 0.4) is 0 Å². The molecule has 1 saturated heterocycles. The molecule has 1 atom stereocenters. The molecule has 8 heteroatoms. The molecular weight excluding hydrogens is 344 g/mol. The number of hydrogen-bond donors (Lipinski definition) is 0. The van der Waals surface area contributed by atoms with E-state index in [9.17, 15) is 13.2 Å². The summed E-state index contributed by atoms with van der Waals surface area (Å²) in [6.45, 7) is 7.76. The quantitative estimate of drug-likeness (QED) is 0.760. The molecule has 1 aliphatic heterocycles. The molecule has 2 aromatic rings. The molecule has 4 nitrogen and oxygen atoms in total. The van der Waals surface area contributed by atoms with Crippen molar-refractivity contribution in [3.8, 4) is 0 Å². The standard InChI is InChI=1S/C18H22BF3N2O2/c1-17(2)18(3,4)26-19(25-17)13-10-23-24(11-13)15(9-16(21)22)12-5-7-14(20)8-6-12/h5-8,10-11,15-16H,9H2,1-4H3. The third kappa shape index (κ3) is 3.66. The number of hydrogen-bond acceptors (Lipinski definition) is 3. The Morgan fingerprint density at radius 1 is 1.08 bits per heavy atom. The first-order valence-electron chi connectivity index (χ1n) is 8.52. The Balaban J connectivity index is 1.87. The normalized spacial score (nSPS) is 19.9. The van der Waals surface area contributed by atoms with Gasteiger partial charge in [0.15, 0.2) is 0 Å². The molecule has 0 saturated carbocycles. The maximum atomic E-state index is 13.2.